The van der Waals surface area contributed by atoms with E-state index in [0.717, 1.165) is 12.1 Å². The third kappa shape index (κ3) is 3.81. The van der Waals surface area contributed by atoms with Crippen molar-refractivity contribution in [2.24, 2.45) is 0 Å². The first kappa shape index (κ1) is 20.4. The van der Waals surface area contributed by atoms with Crippen molar-refractivity contribution in [1.82, 2.24) is 10.2 Å². The summed E-state index contributed by atoms with van der Waals surface area (Å²) in [6, 6.07) is 8.68. The van der Waals surface area contributed by atoms with Gasteiger partial charge < -0.3 is 10.6 Å². The summed E-state index contributed by atoms with van der Waals surface area (Å²) >= 11 is 3.34. The lowest BCUT2D eigenvalue weighted by Gasteiger charge is -2.23. The fourth-order valence-corrected chi connectivity index (χ4v) is 3.67. The van der Waals surface area contributed by atoms with Gasteiger partial charge in [0.15, 0.2) is 0 Å². The van der Waals surface area contributed by atoms with Crippen LogP contribution in [0.15, 0.2) is 46.9 Å². The van der Waals surface area contributed by atoms with Crippen LogP contribution in [-0.4, -0.2) is 34.2 Å². The van der Waals surface area contributed by atoms with Crippen LogP contribution in [0.3, 0.4) is 0 Å². The van der Waals surface area contributed by atoms with Crippen molar-refractivity contribution < 1.29 is 23.7 Å². The standard InChI is InChI=1S/C18H14BrFN4O5/c1-18(11-4-2-3-5-12(11)19)16(26)23(17(27)22-18)9-15(25)21-13-7-6-10(20)8-14(13)24(28)29/h2-8H,9H2,1H3,(H,21,25)(H,22,27)/t18-/m1/s1. The van der Waals surface area contributed by atoms with E-state index in [2.05, 4.69) is 26.6 Å². The molecule has 150 valence electrons. The third-order valence-electron chi connectivity index (χ3n) is 4.42. The summed E-state index contributed by atoms with van der Waals surface area (Å²) < 4.78 is 13.8. The van der Waals surface area contributed by atoms with Gasteiger partial charge in [-0.2, -0.15) is 0 Å². The number of nitro groups is 1. The normalized spacial score (nSPS) is 18.5. The summed E-state index contributed by atoms with van der Waals surface area (Å²) in [7, 11) is 0. The van der Waals surface area contributed by atoms with Crippen LogP contribution in [0.5, 0.6) is 0 Å². The molecule has 4 amide bonds. The minimum atomic E-state index is -1.39. The van der Waals surface area contributed by atoms with Gasteiger partial charge in [0.05, 0.1) is 11.0 Å². The van der Waals surface area contributed by atoms with Gasteiger partial charge in [0.1, 0.15) is 23.6 Å². The number of hydrogen-bond donors (Lipinski definition) is 2. The molecule has 11 heteroatoms. The number of imide groups is 1. The van der Waals surface area contributed by atoms with Crippen molar-refractivity contribution >= 4 is 45.2 Å². The maximum Gasteiger partial charge on any atom is 0.325 e. The highest BCUT2D eigenvalue weighted by atomic mass is 79.9. The van der Waals surface area contributed by atoms with Crippen LogP contribution < -0.4 is 10.6 Å². The molecule has 0 bridgehead atoms. The molecule has 0 aromatic heterocycles. The maximum atomic E-state index is 13.2. The van der Waals surface area contributed by atoms with Crippen LogP contribution >= 0.6 is 15.9 Å². The fraction of sp³-hybridized carbons (Fsp3) is 0.167. The number of nitrogens with one attached hydrogen (secondary N) is 2. The van der Waals surface area contributed by atoms with Gasteiger partial charge in [0.2, 0.25) is 5.91 Å². The Bertz CT molecular complexity index is 1050. The lowest BCUT2D eigenvalue weighted by molar-refractivity contribution is -0.384. The number of halogens is 2. The van der Waals surface area contributed by atoms with Gasteiger partial charge in [0, 0.05) is 10.0 Å². The number of rotatable bonds is 5. The van der Waals surface area contributed by atoms with Gasteiger partial charge in [-0.3, -0.25) is 24.6 Å². The van der Waals surface area contributed by atoms with E-state index in [9.17, 15) is 28.9 Å². The highest BCUT2D eigenvalue weighted by molar-refractivity contribution is 9.10. The zero-order chi connectivity index (χ0) is 21.3. The summed E-state index contributed by atoms with van der Waals surface area (Å²) in [5.41, 5.74) is -1.77. The highest BCUT2D eigenvalue weighted by Gasteiger charge is 2.50. The zero-order valence-electron chi connectivity index (χ0n) is 14.9. The van der Waals surface area contributed by atoms with Crippen LogP contribution in [0.2, 0.25) is 0 Å². The molecule has 1 heterocycles. The minimum absolute atomic E-state index is 0.248. The molecule has 0 radical (unpaired) electrons. The smallest absolute Gasteiger partial charge is 0.319 e. The summed E-state index contributed by atoms with van der Waals surface area (Å²) in [6.45, 7) is 0.843. The highest BCUT2D eigenvalue weighted by Crippen LogP contribution is 2.33. The van der Waals surface area contributed by atoms with Crippen LogP contribution in [0.25, 0.3) is 0 Å². The Morgan fingerprint density at radius 2 is 2.00 bits per heavy atom. The Morgan fingerprint density at radius 1 is 1.31 bits per heavy atom. The van der Waals surface area contributed by atoms with E-state index in [1.165, 1.54) is 6.92 Å². The molecule has 3 rings (SSSR count). The van der Waals surface area contributed by atoms with E-state index in [0.29, 0.717) is 21.0 Å². The van der Waals surface area contributed by atoms with Crippen molar-refractivity contribution in [2.75, 3.05) is 11.9 Å². The summed E-state index contributed by atoms with van der Waals surface area (Å²) in [4.78, 5) is 48.4. The van der Waals surface area contributed by atoms with Crippen molar-refractivity contribution in [1.29, 1.82) is 0 Å². The first-order chi connectivity index (χ1) is 13.6. The van der Waals surface area contributed by atoms with Crippen LogP contribution in [0.1, 0.15) is 12.5 Å². The minimum Gasteiger partial charge on any atom is -0.319 e. The molecule has 0 aliphatic carbocycles. The lowest BCUT2D eigenvalue weighted by atomic mass is 9.92. The van der Waals surface area contributed by atoms with Gasteiger partial charge in [-0.1, -0.05) is 34.1 Å². The predicted molar refractivity (Wildman–Crippen MR) is 103 cm³/mol. The monoisotopic (exact) mass is 464 g/mol. The average Bonchev–Trinajstić information content (AvgIpc) is 2.87. The van der Waals surface area contributed by atoms with Crippen LogP contribution in [0, 0.1) is 15.9 Å². The Hall–Kier alpha value is -3.34. The number of amides is 4. The van der Waals surface area contributed by atoms with Crippen molar-refractivity contribution in [3.63, 3.8) is 0 Å². The van der Waals surface area contributed by atoms with E-state index in [1.54, 1.807) is 24.3 Å². The number of nitro benzene ring substituents is 1. The van der Waals surface area contributed by atoms with E-state index in [-0.39, 0.29) is 5.69 Å². The molecule has 29 heavy (non-hydrogen) atoms. The van der Waals surface area contributed by atoms with Crippen molar-refractivity contribution in [3.8, 4) is 0 Å². The zero-order valence-corrected chi connectivity index (χ0v) is 16.5. The largest absolute Gasteiger partial charge is 0.325 e. The fourth-order valence-electron chi connectivity index (χ4n) is 2.98. The molecule has 2 N–H and O–H groups in total. The second-order valence-electron chi connectivity index (χ2n) is 6.39. The quantitative estimate of drug-likeness (QED) is 0.400. The molecule has 1 aliphatic rings. The Morgan fingerprint density at radius 3 is 2.66 bits per heavy atom. The Labute approximate surface area is 172 Å². The maximum absolute atomic E-state index is 13.2. The number of nitrogens with zero attached hydrogens (tertiary/aromatic N) is 2. The van der Waals surface area contributed by atoms with Crippen LogP contribution in [-0.2, 0) is 15.1 Å². The van der Waals surface area contributed by atoms with E-state index in [4.69, 9.17) is 0 Å². The molecule has 2 aromatic rings. The molecule has 9 nitrogen and oxygen atoms in total. The van der Waals surface area contributed by atoms with Gasteiger partial charge >= 0.3 is 6.03 Å². The summed E-state index contributed by atoms with van der Waals surface area (Å²) in [5.74, 6) is -2.34. The molecule has 1 saturated heterocycles. The topological polar surface area (TPSA) is 122 Å². The van der Waals surface area contributed by atoms with Crippen molar-refractivity contribution in [3.05, 3.63) is 68.4 Å². The summed E-state index contributed by atoms with van der Waals surface area (Å²) in [5, 5.41) is 15.8. The molecule has 1 atom stereocenters. The molecular weight excluding hydrogens is 451 g/mol. The van der Waals surface area contributed by atoms with Gasteiger partial charge in [-0.05, 0) is 25.1 Å². The molecular formula is C18H14BrFN4O5. The van der Waals surface area contributed by atoms with E-state index >= 15 is 0 Å². The first-order valence-electron chi connectivity index (χ1n) is 8.26. The molecule has 1 fully saturated rings. The molecule has 0 unspecified atom stereocenters. The number of benzene rings is 2. The second-order valence-corrected chi connectivity index (χ2v) is 7.25. The predicted octanol–water partition coefficient (Wildman–Crippen LogP) is 2.90. The molecule has 1 aliphatic heterocycles. The first-order valence-corrected chi connectivity index (χ1v) is 9.05. The number of urea groups is 1. The SMILES string of the molecule is C[C@]1(c2ccccc2Br)NC(=O)N(CC(=O)Nc2ccc(F)cc2[N+](=O)[O-])C1=O. The molecule has 0 saturated carbocycles. The van der Waals surface area contributed by atoms with Crippen LogP contribution in [0.4, 0.5) is 20.6 Å². The molecule has 2 aromatic carbocycles. The second kappa shape index (κ2) is 7.59. The molecule has 0 spiro atoms. The van der Waals surface area contributed by atoms with Gasteiger partial charge in [-0.15, -0.1) is 0 Å². The average molecular weight is 465 g/mol. The van der Waals surface area contributed by atoms with E-state index < -0.39 is 46.4 Å². The van der Waals surface area contributed by atoms with Crippen molar-refractivity contribution in [2.45, 2.75) is 12.5 Å². The van der Waals surface area contributed by atoms with E-state index in [1.807, 2.05) is 0 Å². The van der Waals surface area contributed by atoms with Gasteiger partial charge in [-0.25, -0.2) is 9.18 Å². The number of hydrogen-bond acceptors (Lipinski definition) is 5. The lowest BCUT2D eigenvalue weighted by Crippen LogP contribution is -2.42. The number of carbonyl (C=O) groups excluding carboxylic acids is 3. The third-order valence-corrected chi connectivity index (χ3v) is 5.11. The Kier molecular flexibility index (Phi) is 5.33. The Balaban J connectivity index is 1.80. The summed E-state index contributed by atoms with van der Waals surface area (Å²) in [6.07, 6.45) is 0. The van der Waals surface area contributed by atoms with Gasteiger partial charge in [0.25, 0.3) is 11.6 Å². The number of anilines is 1. The number of carbonyl (C=O) groups is 3.